The molecule has 5 rings (SSSR count). The summed E-state index contributed by atoms with van der Waals surface area (Å²) < 4.78 is 2.66. The number of hydrogen-bond donors (Lipinski definition) is 0. The lowest BCUT2D eigenvalue weighted by Gasteiger charge is -2.13. The Morgan fingerprint density at radius 3 is 2.54 bits per heavy atom. The van der Waals surface area contributed by atoms with Crippen LogP contribution in [0.5, 0.6) is 0 Å². The number of fused-ring (bicyclic) bond motifs is 4. The van der Waals surface area contributed by atoms with Gasteiger partial charge in [-0.15, -0.1) is 0 Å². The Balaban J connectivity index is 2.23. The van der Waals surface area contributed by atoms with E-state index in [0.717, 1.165) is 37.1 Å². The molecule has 0 amide bonds. The van der Waals surface area contributed by atoms with Crippen LogP contribution in [0.1, 0.15) is 5.56 Å². The van der Waals surface area contributed by atoms with Crippen LogP contribution in [0, 0.1) is 0 Å². The van der Waals surface area contributed by atoms with E-state index in [0.29, 0.717) is 16.4 Å². The molecule has 0 unspecified atom stereocenters. The molecule has 0 aliphatic rings. The summed E-state index contributed by atoms with van der Waals surface area (Å²) in [5, 5.41) is 5.05. The van der Waals surface area contributed by atoms with Crippen LogP contribution in [-0.2, 0) is 0 Å². The third-order valence-corrected chi connectivity index (χ3v) is 5.63. The van der Waals surface area contributed by atoms with Crippen molar-refractivity contribution in [2.24, 2.45) is 0 Å². The van der Waals surface area contributed by atoms with E-state index < -0.39 is 0 Å². The maximum Gasteiger partial charge on any atom is 0.264 e. The average molecular weight is 401 g/mol. The van der Waals surface area contributed by atoms with Crippen molar-refractivity contribution in [3.8, 4) is 0 Å². The Kier molecular flexibility index (Phi) is 3.09. The molecule has 0 saturated carbocycles. The summed E-state index contributed by atoms with van der Waals surface area (Å²) in [7, 11) is 0. The molecule has 5 aromatic rings. The fourth-order valence-corrected chi connectivity index (χ4v) is 4.28. The van der Waals surface area contributed by atoms with Crippen molar-refractivity contribution in [3.05, 3.63) is 80.8 Å². The van der Waals surface area contributed by atoms with Gasteiger partial charge >= 0.3 is 0 Å². The number of rotatable bonds is 1. The molecule has 0 radical (unpaired) electrons. The molecule has 2 aromatic heterocycles. The van der Waals surface area contributed by atoms with E-state index in [1.165, 1.54) is 0 Å². The van der Waals surface area contributed by atoms with Gasteiger partial charge in [-0.1, -0.05) is 59.4 Å². The molecule has 0 fully saturated rings. The van der Waals surface area contributed by atoms with Gasteiger partial charge in [-0.05, 0) is 35.2 Å². The molecule has 4 heteroatoms. The van der Waals surface area contributed by atoms with Gasteiger partial charge in [0.25, 0.3) is 5.56 Å². The first-order valence-corrected chi connectivity index (χ1v) is 9.00. The van der Waals surface area contributed by atoms with Crippen LogP contribution >= 0.6 is 15.9 Å². The summed E-state index contributed by atoms with van der Waals surface area (Å²) in [5.41, 5.74) is 2.27. The monoisotopic (exact) mass is 400 g/mol. The Bertz CT molecular complexity index is 1500. The number of nitrogens with zero attached hydrogens (tertiary/aromatic N) is 2. The largest absolute Gasteiger partial charge is 0.268 e. The van der Waals surface area contributed by atoms with Crippen molar-refractivity contribution in [1.29, 1.82) is 0 Å². The number of benzene rings is 3. The van der Waals surface area contributed by atoms with Crippen molar-refractivity contribution in [2.75, 3.05) is 0 Å². The Morgan fingerprint density at radius 2 is 1.73 bits per heavy atom. The van der Waals surface area contributed by atoms with Gasteiger partial charge in [0.1, 0.15) is 5.65 Å². The second-order valence-electron chi connectivity index (χ2n) is 6.29. The zero-order valence-corrected chi connectivity index (χ0v) is 15.4. The average Bonchev–Trinajstić information content (AvgIpc) is 2.66. The molecule has 3 aromatic carbocycles. The van der Waals surface area contributed by atoms with Gasteiger partial charge in [-0.25, -0.2) is 4.98 Å². The topological polar surface area (TPSA) is 34.4 Å². The van der Waals surface area contributed by atoms with Gasteiger partial charge in [-0.3, -0.25) is 9.20 Å². The number of halogens is 1. The summed E-state index contributed by atoms with van der Waals surface area (Å²) >= 11 is 3.59. The minimum Gasteiger partial charge on any atom is -0.268 e. The molecule has 124 valence electrons. The number of pyridine rings is 1. The normalized spacial score (nSPS) is 11.7. The van der Waals surface area contributed by atoms with Crippen molar-refractivity contribution < 1.29 is 0 Å². The zero-order chi connectivity index (χ0) is 18.0. The van der Waals surface area contributed by atoms with Crippen molar-refractivity contribution in [2.45, 2.75) is 0 Å². The van der Waals surface area contributed by atoms with E-state index in [1.807, 2.05) is 48.5 Å². The molecule has 0 bridgehead atoms. The second-order valence-corrected chi connectivity index (χ2v) is 7.15. The third kappa shape index (κ3) is 1.82. The van der Waals surface area contributed by atoms with Crippen molar-refractivity contribution >= 4 is 66.7 Å². The lowest BCUT2D eigenvalue weighted by Crippen LogP contribution is -2.21. The SMILES string of the molecule is C=Cc1cccc2c1c(=C)nc1c3ccc(Br)c4cccc(c(=O)n21)c43. The first kappa shape index (κ1) is 15.3. The summed E-state index contributed by atoms with van der Waals surface area (Å²) in [6.07, 6.45) is 1.77. The molecule has 0 aliphatic carbocycles. The van der Waals surface area contributed by atoms with Gasteiger partial charge in [0, 0.05) is 26.0 Å². The van der Waals surface area contributed by atoms with Gasteiger partial charge in [0.15, 0.2) is 0 Å². The molecule has 0 saturated heterocycles. The molecule has 3 nitrogen and oxygen atoms in total. The number of aromatic nitrogens is 2. The van der Waals surface area contributed by atoms with Crippen LogP contribution < -0.4 is 10.9 Å². The smallest absolute Gasteiger partial charge is 0.264 e. The predicted octanol–water partition coefficient (Wildman–Crippen LogP) is 4.69. The second kappa shape index (κ2) is 5.26. The quantitative estimate of drug-likeness (QED) is 0.302. The lowest BCUT2D eigenvalue weighted by molar-refractivity contribution is 1.12. The van der Waals surface area contributed by atoms with Crippen molar-refractivity contribution in [3.63, 3.8) is 0 Å². The van der Waals surface area contributed by atoms with E-state index in [2.05, 4.69) is 29.1 Å². The van der Waals surface area contributed by atoms with Crippen LogP contribution in [-0.4, -0.2) is 9.38 Å². The highest BCUT2D eigenvalue weighted by Gasteiger charge is 2.16. The number of hydrogen-bond acceptors (Lipinski definition) is 2. The fourth-order valence-electron chi connectivity index (χ4n) is 3.82. The maximum absolute atomic E-state index is 13.4. The molecule has 0 atom stereocenters. The van der Waals surface area contributed by atoms with E-state index in [4.69, 9.17) is 4.98 Å². The summed E-state index contributed by atoms with van der Waals surface area (Å²) in [5.74, 6) is 0. The highest BCUT2D eigenvalue weighted by Crippen LogP contribution is 2.32. The molecular weight excluding hydrogens is 388 g/mol. The third-order valence-electron chi connectivity index (χ3n) is 4.94. The van der Waals surface area contributed by atoms with Gasteiger partial charge in [-0.2, -0.15) is 0 Å². The minimum atomic E-state index is -0.0742. The Labute approximate surface area is 157 Å². The summed E-state index contributed by atoms with van der Waals surface area (Å²) in [6, 6.07) is 15.6. The standard InChI is InChI=1S/C22H13BrN2O/c1-3-13-6-4-9-18-19(13)12(2)24-21-15-10-11-17(23)14-7-5-8-16(20(14)15)22(26)25(18)21/h3-11H,1-2H2. The highest BCUT2D eigenvalue weighted by molar-refractivity contribution is 9.10. The summed E-state index contributed by atoms with van der Waals surface area (Å²) in [4.78, 5) is 18.1. The van der Waals surface area contributed by atoms with Crippen molar-refractivity contribution in [1.82, 2.24) is 9.38 Å². The van der Waals surface area contributed by atoms with E-state index >= 15 is 0 Å². The minimum absolute atomic E-state index is 0.0742. The molecule has 26 heavy (non-hydrogen) atoms. The first-order chi connectivity index (χ1) is 12.6. The Morgan fingerprint density at radius 1 is 0.962 bits per heavy atom. The highest BCUT2D eigenvalue weighted by atomic mass is 79.9. The molecular formula is C22H13BrN2O. The van der Waals surface area contributed by atoms with E-state index in [9.17, 15) is 4.79 Å². The lowest BCUT2D eigenvalue weighted by atomic mass is 10.0. The first-order valence-electron chi connectivity index (χ1n) is 8.21. The predicted molar refractivity (Wildman–Crippen MR) is 113 cm³/mol. The molecule has 0 N–H and O–H groups in total. The summed E-state index contributed by atoms with van der Waals surface area (Å²) in [6.45, 7) is 8.01. The molecule has 0 aliphatic heterocycles. The van der Waals surface area contributed by atoms with Crippen LogP contribution in [0.3, 0.4) is 0 Å². The Hall–Kier alpha value is -2.98. The van der Waals surface area contributed by atoms with Crippen LogP contribution in [0.25, 0.3) is 50.7 Å². The van der Waals surface area contributed by atoms with Gasteiger partial charge in [0.05, 0.1) is 10.9 Å². The van der Waals surface area contributed by atoms with E-state index in [-0.39, 0.29) is 5.56 Å². The van der Waals surface area contributed by atoms with E-state index in [1.54, 1.807) is 10.5 Å². The van der Waals surface area contributed by atoms with Gasteiger partial charge < -0.3 is 0 Å². The zero-order valence-electron chi connectivity index (χ0n) is 13.8. The van der Waals surface area contributed by atoms with Gasteiger partial charge in [0.2, 0.25) is 0 Å². The molecule has 0 spiro atoms. The fraction of sp³-hybridized carbons (Fsp3) is 0. The maximum atomic E-state index is 13.4. The van der Waals surface area contributed by atoms with Crippen LogP contribution in [0.4, 0.5) is 0 Å². The molecule has 2 heterocycles. The van der Waals surface area contributed by atoms with Crippen LogP contribution in [0.2, 0.25) is 0 Å². The van der Waals surface area contributed by atoms with Crippen LogP contribution in [0.15, 0.2) is 64.4 Å².